The molecule has 3 nitrogen and oxygen atoms in total. The summed E-state index contributed by atoms with van der Waals surface area (Å²) in [5, 5.41) is 1.22. The van der Waals surface area contributed by atoms with Crippen molar-refractivity contribution in [2.24, 2.45) is 0 Å². The van der Waals surface area contributed by atoms with Gasteiger partial charge >= 0.3 is 0 Å². The number of benzene rings is 1. The fourth-order valence-electron chi connectivity index (χ4n) is 2.04. The first kappa shape index (κ1) is 15.0. The lowest BCUT2D eigenvalue weighted by molar-refractivity contribution is 0.663. The molecular formula is C14H9BrCl2N2OS. The second-order valence-electron chi connectivity index (χ2n) is 4.49. The van der Waals surface area contributed by atoms with E-state index in [0.717, 1.165) is 14.9 Å². The van der Waals surface area contributed by atoms with Crippen molar-refractivity contribution in [3.05, 3.63) is 60.3 Å². The molecule has 0 saturated heterocycles. The Bertz CT molecular complexity index is 875. The zero-order valence-corrected chi connectivity index (χ0v) is 14.6. The Morgan fingerprint density at radius 2 is 2.10 bits per heavy atom. The van der Waals surface area contributed by atoms with Gasteiger partial charge in [0.2, 0.25) is 0 Å². The number of rotatable bonds is 3. The SMILES string of the molecule is O=c1c2sc(Br)cc2ncn1CCc1ccc(Cl)cc1Cl. The van der Waals surface area contributed by atoms with E-state index in [9.17, 15) is 4.79 Å². The van der Waals surface area contributed by atoms with Crippen LogP contribution in [0.4, 0.5) is 0 Å². The van der Waals surface area contributed by atoms with E-state index < -0.39 is 0 Å². The van der Waals surface area contributed by atoms with E-state index in [1.54, 1.807) is 23.0 Å². The van der Waals surface area contributed by atoms with Gasteiger partial charge in [-0.3, -0.25) is 9.36 Å². The summed E-state index contributed by atoms with van der Waals surface area (Å²) >= 11 is 16.8. The van der Waals surface area contributed by atoms with Crippen molar-refractivity contribution in [2.75, 3.05) is 0 Å². The van der Waals surface area contributed by atoms with Crippen molar-refractivity contribution in [1.29, 1.82) is 0 Å². The minimum atomic E-state index is -0.0271. The summed E-state index contributed by atoms with van der Waals surface area (Å²) in [4.78, 5) is 16.7. The second kappa shape index (κ2) is 6.08. The van der Waals surface area contributed by atoms with Crippen molar-refractivity contribution in [3.63, 3.8) is 0 Å². The molecule has 0 saturated carbocycles. The van der Waals surface area contributed by atoms with Crippen molar-refractivity contribution < 1.29 is 0 Å². The molecule has 0 radical (unpaired) electrons. The molecule has 0 bridgehead atoms. The summed E-state index contributed by atoms with van der Waals surface area (Å²) in [5.41, 5.74) is 1.65. The van der Waals surface area contributed by atoms with Crippen molar-refractivity contribution in [3.8, 4) is 0 Å². The van der Waals surface area contributed by atoms with Gasteiger partial charge in [0, 0.05) is 16.6 Å². The van der Waals surface area contributed by atoms with Gasteiger partial charge in [-0.2, -0.15) is 0 Å². The van der Waals surface area contributed by atoms with Gasteiger partial charge in [0.25, 0.3) is 5.56 Å². The molecule has 7 heteroatoms. The van der Waals surface area contributed by atoms with Crippen LogP contribution < -0.4 is 5.56 Å². The Balaban J connectivity index is 1.88. The van der Waals surface area contributed by atoms with Gasteiger partial charge in [-0.15, -0.1) is 11.3 Å². The highest BCUT2D eigenvalue weighted by atomic mass is 79.9. The second-order valence-corrected chi connectivity index (χ2v) is 7.77. The summed E-state index contributed by atoms with van der Waals surface area (Å²) in [6.07, 6.45) is 2.23. The van der Waals surface area contributed by atoms with Gasteiger partial charge in [0.15, 0.2) is 0 Å². The first-order valence-electron chi connectivity index (χ1n) is 6.13. The maximum absolute atomic E-state index is 12.4. The summed E-state index contributed by atoms with van der Waals surface area (Å²) in [7, 11) is 0. The van der Waals surface area contributed by atoms with Gasteiger partial charge in [0.1, 0.15) is 4.70 Å². The number of hydrogen-bond donors (Lipinski definition) is 0. The van der Waals surface area contributed by atoms with Gasteiger partial charge in [-0.1, -0.05) is 29.3 Å². The predicted octanol–water partition coefficient (Wildman–Crippen LogP) is 4.77. The Kier molecular flexibility index (Phi) is 4.36. The van der Waals surface area contributed by atoms with E-state index in [1.807, 2.05) is 12.1 Å². The topological polar surface area (TPSA) is 34.9 Å². The molecule has 0 aliphatic heterocycles. The van der Waals surface area contributed by atoms with Crippen LogP contribution in [0.3, 0.4) is 0 Å². The van der Waals surface area contributed by atoms with Crippen LogP contribution in [0.2, 0.25) is 10.0 Å². The minimum Gasteiger partial charge on any atom is -0.298 e. The van der Waals surface area contributed by atoms with E-state index >= 15 is 0 Å². The average Bonchev–Trinajstić information content (AvgIpc) is 2.81. The number of aromatic nitrogens is 2. The summed E-state index contributed by atoms with van der Waals surface area (Å²) in [5.74, 6) is 0. The monoisotopic (exact) mass is 402 g/mol. The van der Waals surface area contributed by atoms with Crippen LogP contribution in [0.5, 0.6) is 0 Å². The van der Waals surface area contributed by atoms with Crippen molar-refractivity contribution in [1.82, 2.24) is 9.55 Å². The Morgan fingerprint density at radius 1 is 1.29 bits per heavy atom. The quantitative estimate of drug-likeness (QED) is 0.631. The molecular weight excluding hydrogens is 395 g/mol. The summed E-state index contributed by atoms with van der Waals surface area (Å²) < 4.78 is 3.17. The molecule has 3 rings (SSSR count). The van der Waals surface area contributed by atoms with E-state index in [4.69, 9.17) is 23.2 Å². The molecule has 0 N–H and O–H groups in total. The number of fused-ring (bicyclic) bond motifs is 1. The minimum absolute atomic E-state index is 0.0271. The Morgan fingerprint density at radius 3 is 2.86 bits per heavy atom. The lowest BCUT2D eigenvalue weighted by atomic mass is 10.1. The molecule has 2 heterocycles. The lowest BCUT2D eigenvalue weighted by Gasteiger charge is -2.07. The Hall–Kier alpha value is -0.880. The number of halogens is 3. The van der Waals surface area contributed by atoms with Crippen LogP contribution in [0.15, 0.2) is 39.2 Å². The first-order chi connectivity index (χ1) is 10.0. The van der Waals surface area contributed by atoms with Crippen molar-refractivity contribution in [2.45, 2.75) is 13.0 Å². The third-order valence-corrected chi connectivity index (χ3v) is 5.31. The maximum Gasteiger partial charge on any atom is 0.271 e. The van der Waals surface area contributed by atoms with Gasteiger partial charge in [-0.05, 0) is 46.1 Å². The molecule has 0 amide bonds. The fraction of sp³-hybridized carbons (Fsp3) is 0.143. The zero-order chi connectivity index (χ0) is 15.0. The Labute approximate surface area is 143 Å². The summed E-state index contributed by atoms with van der Waals surface area (Å²) in [6, 6.07) is 7.23. The summed E-state index contributed by atoms with van der Waals surface area (Å²) in [6.45, 7) is 0.526. The van der Waals surface area contributed by atoms with Crippen LogP contribution in [0, 0.1) is 0 Å². The van der Waals surface area contributed by atoms with Gasteiger partial charge in [-0.25, -0.2) is 4.98 Å². The average molecular weight is 404 g/mol. The molecule has 0 fully saturated rings. The number of hydrogen-bond acceptors (Lipinski definition) is 3. The zero-order valence-electron chi connectivity index (χ0n) is 10.6. The molecule has 108 valence electrons. The van der Waals surface area contributed by atoms with Crippen LogP contribution in [-0.4, -0.2) is 9.55 Å². The highest BCUT2D eigenvalue weighted by Crippen LogP contribution is 2.25. The smallest absolute Gasteiger partial charge is 0.271 e. The molecule has 0 aliphatic rings. The highest BCUT2D eigenvalue weighted by molar-refractivity contribution is 9.11. The number of thiophene rings is 1. The molecule has 1 aromatic carbocycles. The van der Waals surface area contributed by atoms with Gasteiger partial charge < -0.3 is 0 Å². The molecule has 0 unspecified atom stereocenters. The fourth-order valence-corrected chi connectivity index (χ4v) is 4.03. The third kappa shape index (κ3) is 3.16. The lowest BCUT2D eigenvalue weighted by Crippen LogP contribution is -2.20. The van der Waals surface area contributed by atoms with E-state index in [1.165, 1.54) is 11.3 Å². The molecule has 3 aromatic rings. The number of aryl methyl sites for hydroxylation is 2. The number of nitrogens with zero attached hydrogens (tertiary/aromatic N) is 2. The molecule has 2 aromatic heterocycles. The highest BCUT2D eigenvalue weighted by Gasteiger charge is 2.09. The first-order valence-corrected chi connectivity index (χ1v) is 8.49. The largest absolute Gasteiger partial charge is 0.298 e. The van der Waals surface area contributed by atoms with Crippen molar-refractivity contribution >= 4 is 60.7 Å². The van der Waals surface area contributed by atoms with Crippen LogP contribution in [-0.2, 0) is 13.0 Å². The molecule has 21 heavy (non-hydrogen) atoms. The standard InChI is InChI=1S/C14H9BrCl2N2OS/c15-12-6-11-13(21-12)14(20)19(7-18-11)4-3-8-1-2-9(16)5-10(8)17/h1-2,5-7H,3-4H2. The predicted molar refractivity (Wildman–Crippen MR) is 91.7 cm³/mol. The molecule has 0 aliphatic carbocycles. The van der Waals surface area contributed by atoms with E-state index in [0.29, 0.717) is 27.7 Å². The van der Waals surface area contributed by atoms with E-state index in [2.05, 4.69) is 20.9 Å². The van der Waals surface area contributed by atoms with E-state index in [-0.39, 0.29) is 5.56 Å². The molecule has 0 spiro atoms. The third-order valence-electron chi connectivity index (χ3n) is 3.11. The molecule has 0 atom stereocenters. The normalized spacial score (nSPS) is 11.2. The van der Waals surface area contributed by atoms with Crippen LogP contribution in [0.1, 0.15) is 5.56 Å². The van der Waals surface area contributed by atoms with Crippen LogP contribution >= 0.6 is 50.5 Å². The van der Waals surface area contributed by atoms with Crippen LogP contribution in [0.25, 0.3) is 10.2 Å². The van der Waals surface area contributed by atoms with Gasteiger partial charge in [0.05, 0.1) is 15.6 Å². The maximum atomic E-state index is 12.4.